The standard InChI is InChI=1S/C12H14ClF2NO/c1-12(2)9(10(12)16)7-5-6(13)3-4-8(7)17-11(14)15/h3-5,9-11H,16H2,1-2H3/t9-,10-/m0/s1. The van der Waals surface area contributed by atoms with Gasteiger partial charge in [0.15, 0.2) is 0 Å². The van der Waals surface area contributed by atoms with Gasteiger partial charge in [0, 0.05) is 22.5 Å². The molecule has 94 valence electrons. The summed E-state index contributed by atoms with van der Waals surface area (Å²) in [6.07, 6.45) is 0. The summed E-state index contributed by atoms with van der Waals surface area (Å²) < 4.78 is 29.1. The minimum atomic E-state index is -2.84. The van der Waals surface area contributed by atoms with Gasteiger partial charge >= 0.3 is 6.61 Å². The summed E-state index contributed by atoms with van der Waals surface area (Å²) in [5.41, 5.74) is 6.50. The molecular weight excluding hydrogens is 248 g/mol. The summed E-state index contributed by atoms with van der Waals surface area (Å²) in [4.78, 5) is 0. The predicted octanol–water partition coefficient (Wildman–Crippen LogP) is 3.39. The summed E-state index contributed by atoms with van der Waals surface area (Å²) >= 11 is 5.88. The number of rotatable bonds is 3. The Morgan fingerprint density at radius 2 is 2.00 bits per heavy atom. The Hall–Kier alpha value is -0.870. The van der Waals surface area contributed by atoms with E-state index in [2.05, 4.69) is 4.74 Å². The van der Waals surface area contributed by atoms with Gasteiger partial charge in [0.2, 0.25) is 0 Å². The van der Waals surface area contributed by atoms with Crippen molar-refractivity contribution in [2.45, 2.75) is 32.4 Å². The summed E-state index contributed by atoms with van der Waals surface area (Å²) in [5, 5.41) is 0.497. The van der Waals surface area contributed by atoms with Crippen LogP contribution in [-0.2, 0) is 0 Å². The third kappa shape index (κ3) is 2.24. The Morgan fingerprint density at radius 3 is 2.47 bits per heavy atom. The minimum Gasteiger partial charge on any atom is -0.435 e. The second-order valence-electron chi connectivity index (χ2n) is 4.89. The summed E-state index contributed by atoms with van der Waals surface area (Å²) in [5.74, 6) is 0.172. The smallest absolute Gasteiger partial charge is 0.387 e. The minimum absolute atomic E-state index is 0.00921. The van der Waals surface area contributed by atoms with Gasteiger partial charge in [-0.15, -0.1) is 0 Å². The monoisotopic (exact) mass is 261 g/mol. The highest BCUT2D eigenvalue weighted by Crippen LogP contribution is 2.59. The molecule has 17 heavy (non-hydrogen) atoms. The molecule has 0 spiro atoms. The maximum Gasteiger partial charge on any atom is 0.387 e. The van der Waals surface area contributed by atoms with Crippen LogP contribution in [0.5, 0.6) is 5.75 Å². The lowest BCUT2D eigenvalue weighted by Crippen LogP contribution is -2.07. The molecule has 0 saturated heterocycles. The van der Waals surface area contributed by atoms with Crippen LogP contribution in [-0.4, -0.2) is 12.7 Å². The van der Waals surface area contributed by atoms with E-state index in [-0.39, 0.29) is 23.1 Å². The zero-order valence-electron chi connectivity index (χ0n) is 9.58. The van der Waals surface area contributed by atoms with Gasteiger partial charge in [-0.3, -0.25) is 0 Å². The van der Waals surface area contributed by atoms with Crippen LogP contribution in [0, 0.1) is 5.41 Å². The molecule has 1 fully saturated rings. The lowest BCUT2D eigenvalue weighted by molar-refractivity contribution is -0.0505. The van der Waals surface area contributed by atoms with Crippen molar-refractivity contribution in [3.63, 3.8) is 0 Å². The average Bonchev–Trinajstić information content (AvgIpc) is 2.69. The fourth-order valence-electron chi connectivity index (χ4n) is 2.24. The van der Waals surface area contributed by atoms with Crippen molar-refractivity contribution in [1.82, 2.24) is 0 Å². The van der Waals surface area contributed by atoms with Gasteiger partial charge in [-0.2, -0.15) is 8.78 Å². The van der Waals surface area contributed by atoms with Crippen molar-refractivity contribution in [2.24, 2.45) is 11.1 Å². The topological polar surface area (TPSA) is 35.2 Å². The van der Waals surface area contributed by atoms with Crippen LogP contribution in [0.3, 0.4) is 0 Å². The van der Waals surface area contributed by atoms with Gasteiger partial charge in [0.25, 0.3) is 0 Å². The van der Waals surface area contributed by atoms with Crippen LogP contribution in [0.25, 0.3) is 0 Å². The van der Waals surface area contributed by atoms with E-state index in [1.807, 2.05) is 13.8 Å². The lowest BCUT2D eigenvalue weighted by atomic mass is 10.0. The number of hydrogen-bond acceptors (Lipinski definition) is 2. The summed E-state index contributed by atoms with van der Waals surface area (Å²) in [7, 11) is 0. The van der Waals surface area contributed by atoms with Crippen molar-refractivity contribution in [3.05, 3.63) is 28.8 Å². The number of nitrogens with two attached hydrogens (primary N) is 1. The molecule has 0 aliphatic heterocycles. The zero-order chi connectivity index (χ0) is 12.8. The molecular formula is C12H14ClF2NO. The SMILES string of the molecule is CC1(C)[C@@H](N)[C@@H]1c1cc(Cl)ccc1OC(F)F. The molecule has 2 N–H and O–H groups in total. The first-order valence-electron chi connectivity index (χ1n) is 5.34. The molecule has 0 bridgehead atoms. The van der Waals surface area contributed by atoms with Gasteiger partial charge in [-0.1, -0.05) is 25.4 Å². The van der Waals surface area contributed by atoms with Crippen molar-refractivity contribution < 1.29 is 13.5 Å². The number of alkyl halides is 2. The molecule has 0 heterocycles. The van der Waals surface area contributed by atoms with Gasteiger partial charge in [0.1, 0.15) is 5.75 Å². The quantitative estimate of drug-likeness (QED) is 0.905. The predicted molar refractivity (Wildman–Crippen MR) is 62.6 cm³/mol. The maximum absolute atomic E-state index is 12.3. The molecule has 2 atom stereocenters. The van der Waals surface area contributed by atoms with Crippen LogP contribution in [0.1, 0.15) is 25.3 Å². The molecule has 0 unspecified atom stereocenters. The van der Waals surface area contributed by atoms with Crippen molar-refractivity contribution in [1.29, 1.82) is 0 Å². The molecule has 1 aromatic carbocycles. The largest absolute Gasteiger partial charge is 0.435 e. The number of ether oxygens (including phenoxy) is 1. The van der Waals surface area contributed by atoms with Gasteiger partial charge in [0.05, 0.1) is 0 Å². The molecule has 2 nitrogen and oxygen atoms in total. The average molecular weight is 262 g/mol. The Kier molecular flexibility index (Phi) is 3.04. The van der Waals surface area contributed by atoms with Crippen molar-refractivity contribution >= 4 is 11.6 Å². The van der Waals surface area contributed by atoms with E-state index in [0.29, 0.717) is 10.6 Å². The van der Waals surface area contributed by atoms with E-state index < -0.39 is 6.61 Å². The third-order valence-corrected chi connectivity index (χ3v) is 3.67. The third-order valence-electron chi connectivity index (χ3n) is 3.43. The Bertz CT molecular complexity index is 437. The zero-order valence-corrected chi connectivity index (χ0v) is 10.3. The van der Waals surface area contributed by atoms with Crippen LogP contribution in [0.15, 0.2) is 18.2 Å². The number of halogens is 3. The highest BCUT2D eigenvalue weighted by molar-refractivity contribution is 6.30. The highest BCUT2D eigenvalue weighted by atomic mass is 35.5. The van der Waals surface area contributed by atoms with E-state index >= 15 is 0 Å². The van der Waals surface area contributed by atoms with Crippen LogP contribution < -0.4 is 10.5 Å². The maximum atomic E-state index is 12.3. The van der Waals surface area contributed by atoms with E-state index in [1.165, 1.54) is 12.1 Å². The van der Waals surface area contributed by atoms with E-state index in [1.54, 1.807) is 6.07 Å². The molecule has 1 saturated carbocycles. The Morgan fingerprint density at radius 1 is 1.41 bits per heavy atom. The Balaban J connectivity index is 2.35. The Labute approximate surface area is 104 Å². The molecule has 0 aromatic heterocycles. The van der Waals surface area contributed by atoms with Crippen LogP contribution in [0.4, 0.5) is 8.78 Å². The van der Waals surface area contributed by atoms with Gasteiger partial charge in [-0.25, -0.2) is 0 Å². The van der Waals surface area contributed by atoms with Gasteiger partial charge in [-0.05, 0) is 23.6 Å². The molecule has 0 radical (unpaired) electrons. The summed E-state index contributed by atoms with van der Waals surface area (Å²) in [6, 6.07) is 4.59. The molecule has 2 rings (SSSR count). The fraction of sp³-hybridized carbons (Fsp3) is 0.500. The van der Waals surface area contributed by atoms with Crippen molar-refractivity contribution in [2.75, 3.05) is 0 Å². The number of benzene rings is 1. The molecule has 1 aliphatic rings. The van der Waals surface area contributed by atoms with Gasteiger partial charge < -0.3 is 10.5 Å². The van der Waals surface area contributed by atoms with E-state index in [0.717, 1.165) is 0 Å². The highest BCUT2D eigenvalue weighted by Gasteiger charge is 2.57. The molecule has 5 heteroatoms. The van der Waals surface area contributed by atoms with Crippen LogP contribution in [0.2, 0.25) is 5.02 Å². The molecule has 1 aliphatic carbocycles. The normalized spacial score (nSPS) is 26.1. The second kappa shape index (κ2) is 4.10. The van der Waals surface area contributed by atoms with Crippen LogP contribution >= 0.6 is 11.6 Å². The van der Waals surface area contributed by atoms with E-state index in [9.17, 15) is 8.78 Å². The first kappa shape index (κ1) is 12.6. The number of hydrogen-bond donors (Lipinski definition) is 1. The summed E-state index contributed by atoms with van der Waals surface area (Å²) in [6.45, 7) is 1.15. The molecule has 1 aromatic rings. The fourth-order valence-corrected chi connectivity index (χ4v) is 2.42. The first-order valence-corrected chi connectivity index (χ1v) is 5.71. The second-order valence-corrected chi connectivity index (χ2v) is 5.32. The van der Waals surface area contributed by atoms with Crippen molar-refractivity contribution in [3.8, 4) is 5.75 Å². The first-order chi connectivity index (χ1) is 7.84. The molecule has 0 amide bonds. The lowest BCUT2D eigenvalue weighted by Gasteiger charge is -2.12. The van der Waals surface area contributed by atoms with E-state index in [4.69, 9.17) is 17.3 Å².